The van der Waals surface area contributed by atoms with Crippen LogP contribution in [0.5, 0.6) is 0 Å². The van der Waals surface area contributed by atoms with Crippen molar-refractivity contribution < 1.29 is 19.2 Å². The third-order valence-corrected chi connectivity index (χ3v) is 8.58. The molecule has 0 bridgehead atoms. The Balaban J connectivity index is 1.47. The molecule has 0 unspecified atom stereocenters. The van der Waals surface area contributed by atoms with Crippen molar-refractivity contribution in [3.05, 3.63) is 88.0 Å². The molecular formula is C34H34ClN5O4. The molecule has 5 aromatic rings. The first-order valence-corrected chi connectivity index (χ1v) is 14.8. The number of hydrogen-bond donors (Lipinski definition) is 2. The summed E-state index contributed by atoms with van der Waals surface area (Å²) >= 11 is 6.00. The highest BCUT2D eigenvalue weighted by Crippen LogP contribution is 2.40. The summed E-state index contributed by atoms with van der Waals surface area (Å²) in [6.45, 7) is 11.6. The maximum Gasteiger partial charge on any atom is 0.356 e. The van der Waals surface area contributed by atoms with Crippen molar-refractivity contribution in [2.75, 3.05) is 30.4 Å². The van der Waals surface area contributed by atoms with Crippen LogP contribution >= 0.6 is 11.6 Å². The van der Waals surface area contributed by atoms with Crippen molar-refractivity contribution in [1.82, 2.24) is 15.1 Å². The Morgan fingerprint density at radius 1 is 1.09 bits per heavy atom. The highest BCUT2D eigenvalue weighted by atomic mass is 35.5. The number of carboxylic acids is 1. The second-order valence-corrected chi connectivity index (χ2v) is 12.2. The summed E-state index contributed by atoms with van der Waals surface area (Å²) in [7, 11) is 1.76. The zero-order valence-corrected chi connectivity index (χ0v) is 26.3. The lowest BCUT2D eigenvalue weighted by Crippen LogP contribution is -2.61. The molecule has 1 aliphatic heterocycles. The molecule has 0 amide bonds. The molecule has 226 valence electrons. The number of carboxylic acid groups (broad SMARTS) is 1. The average molecular weight is 612 g/mol. The second kappa shape index (κ2) is 11.2. The number of aromatic carboxylic acids is 1. The van der Waals surface area contributed by atoms with Gasteiger partial charge in [-0.15, -0.1) is 0 Å². The predicted molar refractivity (Wildman–Crippen MR) is 173 cm³/mol. The zero-order valence-electron chi connectivity index (χ0n) is 25.5. The lowest BCUT2D eigenvalue weighted by atomic mass is 9.92. The fraction of sp³-hybridized carbons (Fsp3) is 0.294. The molecular weight excluding hydrogens is 578 g/mol. The number of aromatic nitrogens is 3. The van der Waals surface area contributed by atoms with Gasteiger partial charge in [0.1, 0.15) is 10.9 Å². The number of aryl methyl sites for hydroxylation is 3. The van der Waals surface area contributed by atoms with Crippen molar-refractivity contribution in [2.24, 2.45) is 0 Å². The number of methoxy groups -OCH3 is 1. The number of fused-ring (bicyclic) bond motifs is 1. The van der Waals surface area contributed by atoms with E-state index in [0.717, 1.165) is 68.9 Å². The fourth-order valence-electron chi connectivity index (χ4n) is 5.99. The summed E-state index contributed by atoms with van der Waals surface area (Å²) in [6.07, 6.45) is 0. The first kappa shape index (κ1) is 29.6. The van der Waals surface area contributed by atoms with Crippen molar-refractivity contribution in [2.45, 2.75) is 46.3 Å². The summed E-state index contributed by atoms with van der Waals surface area (Å²) in [5.41, 5.74) is 8.48. The van der Waals surface area contributed by atoms with E-state index in [9.17, 15) is 9.90 Å². The van der Waals surface area contributed by atoms with Gasteiger partial charge in [-0.2, -0.15) is 0 Å². The molecule has 0 aliphatic carbocycles. The minimum Gasteiger partial charge on any atom is -0.476 e. The monoisotopic (exact) mass is 611 g/mol. The second-order valence-electron chi connectivity index (χ2n) is 11.8. The first-order chi connectivity index (χ1) is 21.0. The molecule has 6 rings (SSSR count). The number of nitrogens with zero attached hydrogens (tertiary/aromatic N) is 4. The molecule has 0 spiro atoms. The minimum atomic E-state index is -1.15. The van der Waals surface area contributed by atoms with Gasteiger partial charge in [-0.25, -0.2) is 14.8 Å². The minimum absolute atomic E-state index is 0.121. The van der Waals surface area contributed by atoms with Gasteiger partial charge in [-0.05, 0) is 87.7 Å². The first-order valence-electron chi connectivity index (χ1n) is 14.4. The summed E-state index contributed by atoms with van der Waals surface area (Å²) in [5.74, 6) is -0.455. The van der Waals surface area contributed by atoms with Gasteiger partial charge in [0.25, 0.3) is 0 Å². The molecule has 9 nitrogen and oxygen atoms in total. The van der Waals surface area contributed by atoms with Gasteiger partial charge in [0, 0.05) is 42.9 Å². The topological polar surface area (TPSA) is 114 Å². The normalized spacial score (nSPS) is 14.8. The third-order valence-electron chi connectivity index (χ3n) is 8.37. The van der Waals surface area contributed by atoms with Gasteiger partial charge < -0.3 is 24.6 Å². The van der Waals surface area contributed by atoms with Crippen molar-refractivity contribution in [3.63, 3.8) is 0 Å². The standard InChI is InChI=1S/C34H34ClN5O4/c1-18-13-24(19(2)36-27-11-12-29(35)38-32(27)33(41)42)26-15-25(31(37-28(26)14-18)30-20(3)39-44-21(30)4)22-7-9-23(10-8-22)40-16-34(5,17-40)43-6/h7-15,19,36H,16-17H2,1-6H3,(H,41,42)/t19-/m1/s1. The highest BCUT2D eigenvalue weighted by Gasteiger charge is 2.38. The van der Waals surface area contributed by atoms with E-state index in [2.05, 4.69) is 69.7 Å². The number of anilines is 2. The third kappa shape index (κ3) is 5.37. The van der Waals surface area contributed by atoms with Gasteiger partial charge >= 0.3 is 5.97 Å². The number of halogens is 1. The van der Waals surface area contributed by atoms with Gasteiger partial charge in [0.2, 0.25) is 0 Å². The number of ether oxygens (including phenoxy) is 1. The van der Waals surface area contributed by atoms with E-state index in [1.807, 2.05) is 27.7 Å². The average Bonchev–Trinajstić information content (AvgIpc) is 3.32. The van der Waals surface area contributed by atoms with E-state index in [1.54, 1.807) is 19.2 Å². The predicted octanol–water partition coefficient (Wildman–Crippen LogP) is 7.63. The lowest BCUT2D eigenvalue weighted by Gasteiger charge is -2.48. The Morgan fingerprint density at radius 2 is 1.82 bits per heavy atom. The lowest BCUT2D eigenvalue weighted by molar-refractivity contribution is -0.0167. The number of nitrogens with one attached hydrogen (secondary N) is 1. The largest absolute Gasteiger partial charge is 0.476 e. The van der Waals surface area contributed by atoms with Gasteiger partial charge in [0.15, 0.2) is 5.69 Å². The smallest absolute Gasteiger partial charge is 0.356 e. The van der Waals surface area contributed by atoms with Crippen LogP contribution in [0.4, 0.5) is 11.4 Å². The molecule has 4 heterocycles. The quantitative estimate of drug-likeness (QED) is 0.171. The van der Waals surface area contributed by atoms with E-state index in [0.29, 0.717) is 11.4 Å². The molecule has 0 saturated carbocycles. The molecule has 10 heteroatoms. The fourth-order valence-corrected chi connectivity index (χ4v) is 6.14. The Bertz CT molecular complexity index is 1880. The Hall–Kier alpha value is -4.47. The molecule has 1 saturated heterocycles. The summed E-state index contributed by atoms with van der Waals surface area (Å²) < 4.78 is 11.2. The van der Waals surface area contributed by atoms with E-state index in [4.69, 9.17) is 25.8 Å². The number of pyridine rings is 2. The summed E-state index contributed by atoms with van der Waals surface area (Å²) in [5, 5.41) is 18.4. The maximum atomic E-state index is 11.9. The molecule has 2 aromatic carbocycles. The van der Waals surface area contributed by atoms with Crippen LogP contribution in [0.15, 0.2) is 59.1 Å². The molecule has 1 aliphatic rings. The Morgan fingerprint density at radius 3 is 2.45 bits per heavy atom. The molecule has 0 radical (unpaired) electrons. The number of carbonyl (C=O) groups is 1. The molecule has 3 aromatic heterocycles. The van der Waals surface area contributed by atoms with Crippen LogP contribution < -0.4 is 10.2 Å². The van der Waals surface area contributed by atoms with Crippen molar-refractivity contribution in [3.8, 4) is 22.4 Å². The van der Waals surface area contributed by atoms with Crippen LogP contribution in [-0.2, 0) is 4.74 Å². The van der Waals surface area contributed by atoms with Crippen molar-refractivity contribution in [1.29, 1.82) is 0 Å². The zero-order chi connectivity index (χ0) is 31.3. The Labute approximate surface area is 260 Å². The van der Waals surface area contributed by atoms with E-state index >= 15 is 0 Å². The number of benzene rings is 2. The number of rotatable bonds is 8. The molecule has 2 N–H and O–H groups in total. The molecule has 1 fully saturated rings. The van der Waals surface area contributed by atoms with Gasteiger partial charge in [-0.1, -0.05) is 35.0 Å². The summed E-state index contributed by atoms with van der Waals surface area (Å²) in [6, 6.07) is 17.8. The SMILES string of the molecule is COC1(C)CN(c2ccc(-c3cc4c([C@@H](C)Nc5ccc(Cl)nc5C(=O)O)cc(C)cc4nc3-c3c(C)noc3C)cc2)C1. The van der Waals surface area contributed by atoms with Crippen LogP contribution in [0.1, 0.15) is 53.0 Å². The van der Waals surface area contributed by atoms with Crippen LogP contribution in [0.3, 0.4) is 0 Å². The van der Waals surface area contributed by atoms with Crippen LogP contribution in [-0.4, -0.2) is 52.0 Å². The van der Waals surface area contributed by atoms with E-state index in [-0.39, 0.29) is 22.5 Å². The Kier molecular flexibility index (Phi) is 7.55. The molecule has 44 heavy (non-hydrogen) atoms. The van der Waals surface area contributed by atoms with E-state index in [1.165, 1.54) is 0 Å². The summed E-state index contributed by atoms with van der Waals surface area (Å²) in [4.78, 5) is 23.4. The molecule has 1 atom stereocenters. The van der Waals surface area contributed by atoms with Crippen molar-refractivity contribution >= 4 is 39.8 Å². The van der Waals surface area contributed by atoms with Gasteiger partial charge in [-0.3, -0.25) is 0 Å². The highest BCUT2D eigenvalue weighted by molar-refractivity contribution is 6.29. The number of hydrogen-bond acceptors (Lipinski definition) is 8. The van der Waals surface area contributed by atoms with Crippen LogP contribution in [0.25, 0.3) is 33.3 Å². The van der Waals surface area contributed by atoms with Crippen LogP contribution in [0.2, 0.25) is 5.15 Å². The van der Waals surface area contributed by atoms with Crippen LogP contribution in [0, 0.1) is 20.8 Å². The maximum absolute atomic E-state index is 11.9. The van der Waals surface area contributed by atoms with E-state index < -0.39 is 5.97 Å². The van der Waals surface area contributed by atoms with Gasteiger partial charge in [0.05, 0.1) is 33.8 Å².